The third-order valence-corrected chi connectivity index (χ3v) is 7.33. The van der Waals surface area contributed by atoms with Crippen molar-refractivity contribution in [3.05, 3.63) is 134 Å². The molecule has 0 aliphatic rings. The molecule has 4 aromatic carbocycles. The van der Waals surface area contributed by atoms with Gasteiger partial charge in [0.05, 0.1) is 22.4 Å². The van der Waals surface area contributed by atoms with Gasteiger partial charge >= 0.3 is 0 Å². The normalized spacial score (nSPS) is 11.5. The third-order valence-electron chi connectivity index (χ3n) is 7.33. The summed E-state index contributed by atoms with van der Waals surface area (Å²) in [4.78, 5) is 14.2. The molecule has 188 valence electrons. The van der Waals surface area contributed by atoms with E-state index in [1.165, 1.54) is 0 Å². The Morgan fingerprint density at radius 3 is 2.27 bits per heavy atom. The highest BCUT2D eigenvalue weighted by Gasteiger charge is 2.16. The fourth-order valence-electron chi connectivity index (χ4n) is 5.52. The van der Waals surface area contributed by atoms with Crippen molar-refractivity contribution in [1.82, 2.24) is 19.4 Å². The van der Waals surface area contributed by atoms with Crippen molar-refractivity contribution in [2.75, 3.05) is 0 Å². The maximum Gasteiger partial charge on any atom is 0.146 e. The van der Waals surface area contributed by atoms with E-state index >= 15 is 0 Å². The van der Waals surface area contributed by atoms with Crippen molar-refractivity contribution >= 4 is 38.2 Å². The maximum atomic E-state index is 6.55. The van der Waals surface area contributed by atoms with Crippen molar-refractivity contribution in [1.29, 1.82) is 0 Å². The number of imidazole rings is 1. The van der Waals surface area contributed by atoms with Gasteiger partial charge in [-0.2, -0.15) is 0 Å². The van der Waals surface area contributed by atoms with E-state index in [1.54, 1.807) is 6.20 Å². The lowest BCUT2D eigenvalue weighted by atomic mass is 9.97. The molecule has 0 unspecified atom stereocenters. The lowest BCUT2D eigenvalue weighted by Crippen LogP contribution is -1.92. The monoisotopic (exact) mass is 514 g/mol. The Hall–Kier alpha value is -5.55. The predicted octanol–water partition coefficient (Wildman–Crippen LogP) is 8.71. The first-order valence-electron chi connectivity index (χ1n) is 13.2. The molecule has 0 saturated carbocycles. The average Bonchev–Trinajstić information content (AvgIpc) is 3.40. The Labute approximate surface area is 230 Å². The van der Waals surface area contributed by atoms with Gasteiger partial charge in [-0.1, -0.05) is 48.5 Å². The van der Waals surface area contributed by atoms with Gasteiger partial charge in [-0.05, 0) is 82.9 Å². The fourth-order valence-corrected chi connectivity index (χ4v) is 5.52. The zero-order valence-electron chi connectivity index (χ0n) is 21.4. The molecule has 4 aromatic heterocycles. The van der Waals surface area contributed by atoms with Crippen LogP contribution in [0.2, 0.25) is 0 Å². The van der Waals surface area contributed by atoms with E-state index in [2.05, 4.69) is 58.0 Å². The second-order valence-electron chi connectivity index (χ2n) is 9.77. The van der Waals surface area contributed by atoms with Gasteiger partial charge in [0.25, 0.3) is 0 Å². The highest BCUT2D eigenvalue weighted by atomic mass is 16.5. The average molecular weight is 515 g/mol. The van der Waals surface area contributed by atoms with Crippen molar-refractivity contribution in [3.8, 4) is 34.0 Å². The Morgan fingerprint density at radius 2 is 1.43 bits per heavy atom. The second kappa shape index (κ2) is 9.03. The zero-order chi connectivity index (χ0) is 26.5. The molecule has 0 fully saturated rings. The summed E-state index contributed by atoms with van der Waals surface area (Å²) in [6, 6.07) is 38.9. The summed E-state index contributed by atoms with van der Waals surface area (Å²) >= 11 is 0. The van der Waals surface area contributed by atoms with Crippen molar-refractivity contribution in [2.45, 2.75) is 0 Å². The molecule has 0 amide bonds. The molecule has 0 bridgehead atoms. The highest BCUT2D eigenvalue weighted by Crippen LogP contribution is 2.39. The van der Waals surface area contributed by atoms with Crippen LogP contribution < -0.4 is 4.74 Å². The first-order valence-corrected chi connectivity index (χ1v) is 13.2. The molecule has 40 heavy (non-hydrogen) atoms. The molecule has 5 heteroatoms. The second-order valence-corrected chi connectivity index (χ2v) is 9.77. The molecule has 8 aromatic rings. The van der Waals surface area contributed by atoms with E-state index in [1.807, 2.05) is 79.0 Å². The van der Waals surface area contributed by atoms with Gasteiger partial charge in [-0.3, -0.25) is 14.4 Å². The van der Waals surface area contributed by atoms with E-state index in [0.29, 0.717) is 0 Å². The SMILES string of the molecule is c1ccc(-c2cccc(Oc3cc(-c4ccccn4)c4ccc5ccn6c7ccccc7nc6c5c4c3)c2)nc1. The van der Waals surface area contributed by atoms with Gasteiger partial charge in [0.15, 0.2) is 0 Å². The summed E-state index contributed by atoms with van der Waals surface area (Å²) in [5.74, 6) is 1.48. The van der Waals surface area contributed by atoms with Gasteiger partial charge in [0, 0.05) is 35.1 Å². The number of aromatic nitrogens is 4. The molecule has 0 aliphatic heterocycles. The number of ether oxygens (including phenoxy) is 1. The minimum atomic E-state index is 0.733. The summed E-state index contributed by atoms with van der Waals surface area (Å²) in [6.45, 7) is 0. The molecular formula is C35H22N4O. The van der Waals surface area contributed by atoms with Gasteiger partial charge < -0.3 is 4.74 Å². The minimum Gasteiger partial charge on any atom is -0.457 e. The summed E-state index contributed by atoms with van der Waals surface area (Å²) in [5, 5.41) is 4.37. The fraction of sp³-hybridized carbons (Fsp3) is 0. The number of hydrogen-bond acceptors (Lipinski definition) is 4. The van der Waals surface area contributed by atoms with Crippen molar-refractivity contribution < 1.29 is 4.74 Å². The van der Waals surface area contributed by atoms with Crippen LogP contribution in [0.1, 0.15) is 0 Å². The lowest BCUT2D eigenvalue weighted by Gasteiger charge is -2.14. The lowest BCUT2D eigenvalue weighted by molar-refractivity contribution is 0.484. The number of pyridine rings is 3. The number of para-hydroxylation sites is 2. The topological polar surface area (TPSA) is 52.3 Å². The summed E-state index contributed by atoms with van der Waals surface area (Å²) in [6.07, 6.45) is 5.73. The van der Waals surface area contributed by atoms with E-state index in [4.69, 9.17) is 14.7 Å². The first kappa shape index (κ1) is 22.4. The summed E-state index contributed by atoms with van der Waals surface area (Å²) in [7, 11) is 0. The molecule has 0 atom stereocenters. The zero-order valence-corrected chi connectivity index (χ0v) is 21.4. The van der Waals surface area contributed by atoms with Crippen LogP contribution in [0, 0.1) is 0 Å². The molecular weight excluding hydrogens is 492 g/mol. The van der Waals surface area contributed by atoms with Crippen LogP contribution in [0.15, 0.2) is 134 Å². The van der Waals surface area contributed by atoms with Gasteiger partial charge in [0.2, 0.25) is 0 Å². The number of benzene rings is 4. The Bertz CT molecular complexity index is 2190. The number of nitrogens with zero attached hydrogens (tertiary/aromatic N) is 4. The summed E-state index contributed by atoms with van der Waals surface area (Å²) < 4.78 is 8.72. The van der Waals surface area contributed by atoms with E-state index in [0.717, 1.165) is 72.2 Å². The molecule has 5 nitrogen and oxygen atoms in total. The van der Waals surface area contributed by atoms with Crippen LogP contribution in [0.4, 0.5) is 0 Å². The molecule has 0 N–H and O–H groups in total. The molecule has 4 heterocycles. The highest BCUT2D eigenvalue weighted by molar-refractivity contribution is 6.18. The van der Waals surface area contributed by atoms with Crippen LogP contribution in [-0.4, -0.2) is 19.4 Å². The maximum absolute atomic E-state index is 6.55. The van der Waals surface area contributed by atoms with Gasteiger partial charge in [0.1, 0.15) is 17.1 Å². The first-order chi connectivity index (χ1) is 19.8. The van der Waals surface area contributed by atoms with Crippen molar-refractivity contribution in [3.63, 3.8) is 0 Å². The molecule has 0 saturated heterocycles. The smallest absolute Gasteiger partial charge is 0.146 e. The standard InChI is InChI=1S/C35H22N4O/c1-2-13-33-32(12-1)38-35-34-23(16-19-39(33)35)14-15-27-28(31-11-4-6-18-37-31)21-26(22-29(27)34)40-25-9-7-8-24(20-25)30-10-3-5-17-36-30/h1-22H. The molecule has 8 rings (SSSR count). The largest absolute Gasteiger partial charge is 0.457 e. The van der Waals surface area contributed by atoms with Crippen molar-refractivity contribution in [2.24, 2.45) is 0 Å². The van der Waals surface area contributed by atoms with E-state index in [9.17, 15) is 0 Å². The predicted molar refractivity (Wildman–Crippen MR) is 161 cm³/mol. The van der Waals surface area contributed by atoms with Crippen LogP contribution in [-0.2, 0) is 0 Å². The van der Waals surface area contributed by atoms with Gasteiger partial charge in [-0.25, -0.2) is 4.98 Å². The number of rotatable bonds is 4. The number of fused-ring (bicyclic) bond motifs is 7. The van der Waals surface area contributed by atoms with Crippen LogP contribution >= 0.6 is 0 Å². The Morgan fingerprint density at radius 1 is 0.600 bits per heavy atom. The quantitative estimate of drug-likeness (QED) is 0.220. The molecule has 0 radical (unpaired) electrons. The third kappa shape index (κ3) is 3.68. The van der Waals surface area contributed by atoms with Gasteiger partial charge in [-0.15, -0.1) is 0 Å². The van der Waals surface area contributed by atoms with E-state index < -0.39 is 0 Å². The number of hydrogen-bond donors (Lipinski definition) is 0. The molecule has 0 aliphatic carbocycles. The molecule has 0 spiro atoms. The minimum absolute atomic E-state index is 0.733. The summed E-state index contributed by atoms with van der Waals surface area (Å²) in [5.41, 5.74) is 6.77. The Kier molecular flexibility index (Phi) is 5.07. The van der Waals surface area contributed by atoms with Crippen LogP contribution in [0.5, 0.6) is 11.5 Å². The van der Waals surface area contributed by atoms with Crippen LogP contribution in [0.3, 0.4) is 0 Å². The van der Waals surface area contributed by atoms with E-state index in [-0.39, 0.29) is 0 Å². The van der Waals surface area contributed by atoms with Crippen LogP contribution in [0.25, 0.3) is 60.7 Å². The Balaban J connectivity index is 1.38.